The lowest BCUT2D eigenvalue weighted by Gasteiger charge is -2.18. The summed E-state index contributed by atoms with van der Waals surface area (Å²) in [5.74, 6) is 0.280. The zero-order valence-corrected chi connectivity index (χ0v) is 13.0. The van der Waals surface area contributed by atoms with Crippen molar-refractivity contribution in [1.29, 1.82) is 0 Å². The number of carbonyl (C=O) groups is 1. The van der Waals surface area contributed by atoms with Gasteiger partial charge >= 0.3 is 6.03 Å². The van der Waals surface area contributed by atoms with Gasteiger partial charge in [0.15, 0.2) is 6.23 Å². The van der Waals surface area contributed by atoms with E-state index in [9.17, 15) is 9.90 Å². The molecule has 2 amide bonds. The van der Waals surface area contributed by atoms with E-state index in [1.165, 1.54) is 4.90 Å². The molecule has 6 nitrogen and oxygen atoms in total. The van der Waals surface area contributed by atoms with Gasteiger partial charge in [0, 0.05) is 18.0 Å². The maximum Gasteiger partial charge on any atom is 0.329 e. The van der Waals surface area contributed by atoms with Crippen LogP contribution in [0.4, 0.5) is 10.7 Å². The lowest BCUT2D eigenvalue weighted by Crippen LogP contribution is -2.35. The van der Waals surface area contributed by atoms with Crippen molar-refractivity contribution in [2.75, 3.05) is 11.4 Å². The zero-order valence-electron chi connectivity index (χ0n) is 13.0. The van der Waals surface area contributed by atoms with Gasteiger partial charge in [0.2, 0.25) is 5.88 Å². The van der Waals surface area contributed by atoms with Crippen LogP contribution < -0.4 is 4.90 Å². The molecule has 1 saturated heterocycles. The van der Waals surface area contributed by atoms with Crippen molar-refractivity contribution in [3.05, 3.63) is 24.4 Å². The highest BCUT2D eigenvalue weighted by atomic mass is 16.5. The van der Waals surface area contributed by atoms with Crippen LogP contribution >= 0.6 is 0 Å². The van der Waals surface area contributed by atoms with E-state index >= 15 is 0 Å². The van der Waals surface area contributed by atoms with Crippen LogP contribution in [0.3, 0.4) is 0 Å². The molecule has 0 spiro atoms. The van der Waals surface area contributed by atoms with Crippen LogP contribution in [0.1, 0.15) is 39.8 Å². The Hall–Kier alpha value is -1.82. The van der Waals surface area contributed by atoms with E-state index in [1.54, 1.807) is 24.0 Å². The monoisotopic (exact) mass is 293 g/mol. The summed E-state index contributed by atoms with van der Waals surface area (Å²) < 4.78 is 5.29. The third-order valence-corrected chi connectivity index (χ3v) is 4.28. The van der Waals surface area contributed by atoms with E-state index in [1.807, 2.05) is 0 Å². The van der Waals surface area contributed by atoms with Crippen LogP contribution in [0.25, 0.3) is 0 Å². The summed E-state index contributed by atoms with van der Waals surface area (Å²) in [6.45, 7) is 12.0. The molecule has 1 fully saturated rings. The molecule has 2 atom stereocenters. The number of carbonyl (C=O) groups excluding carboxylic acids is 1. The Morgan fingerprint density at radius 3 is 2.81 bits per heavy atom. The Bertz CT molecular complexity index is 538. The van der Waals surface area contributed by atoms with E-state index in [-0.39, 0.29) is 23.4 Å². The smallest absolute Gasteiger partial charge is 0.329 e. The number of hydrogen-bond donors (Lipinski definition) is 1. The van der Waals surface area contributed by atoms with Gasteiger partial charge in [0.05, 0.1) is 11.7 Å². The minimum atomic E-state index is -0.956. The average Bonchev–Trinajstić information content (AvgIpc) is 3.00. The van der Waals surface area contributed by atoms with Gasteiger partial charge in [0.1, 0.15) is 0 Å². The first-order valence-corrected chi connectivity index (χ1v) is 7.19. The molecule has 0 bridgehead atoms. The fourth-order valence-corrected chi connectivity index (χ4v) is 2.29. The summed E-state index contributed by atoms with van der Waals surface area (Å²) in [5.41, 5.74) is 0.636. The van der Waals surface area contributed by atoms with Gasteiger partial charge in [-0.05, 0) is 13.3 Å². The Morgan fingerprint density at radius 1 is 1.57 bits per heavy atom. The third kappa shape index (κ3) is 2.55. The zero-order chi connectivity index (χ0) is 15.8. The normalized spacial score (nSPS) is 23.0. The van der Waals surface area contributed by atoms with Gasteiger partial charge in [-0.1, -0.05) is 32.0 Å². The Morgan fingerprint density at radius 2 is 2.24 bits per heavy atom. The fraction of sp³-hybridized carbons (Fsp3) is 0.600. The number of amides is 2. The van der Waals surface area contributed by atoms with Gasteiger partial charge in [-0.3, -0.25) is 0 Å². The maximum atomic E-state index is 12.4. The number of aliphatic hydroxyl groups excluding tert-OH is 1. The topological polar surface area (TPSA) is 69.8 Å². The van der Waals surface area contributed by atoms with Crippen LogP contribution in [-0.4, -0.2) is 40.0 Å². The first-order valence-electron chi connectivity index (χ1n) is 7.19. The average molecular weight is 293 g/mol. The van der Waals surface area contributed by atoms with Crippen LogP contribution in [0.15, 0.2) is 23.2 Å². The molecule has 0 aliphatic carbocycles. The standard InChI is InChI=1S/C15H23N3O3/c1-6-8-17-10(3)13(19)18(14(17)20)12-9-11(16-21-12)15(4,5)7-2/h6,9-10,13,19H,1,7-8H2,2-5H3. The van der Waals surface area contributed by atoms with Crippen LogP contribution in [0.2, 0.25) is 0 Å². The highest BCUT2D eigenvalue weighted by Crippen LogP contribution is 2.33. The fourth-order valence-electron chi connectivity index (χ4n) is 2.29. The van der Waals surface area contributed by atoms with Crippen LogP contribution in [-0.2, 0) is 5.41 Å². The first kappa shape index (κ1) is 15.6. The number of anilines is 1. The molecule has 1 aromatic rings. The quantitative estimate of drug-likeness (QED) is 0.847. The van der Waals surface area contributed by atoms with Crippen molar-refractivity contribution in [2.45, 2.75) is 51.8 Å². The van der Waals surface area contributed by atoms with E-state index in [0.717, 1.165) is 12.1 Å². The number of urea groups is 1. The Balaban J connectivity index is 2.30. The van der Waals surface area contributed by atoms with Gasteiger partial charge in [0.25, 0.3) is 0 Å². The van der Waals surface area contributed by atoms with Crippen molar-refractivity contribution in [3.8, 4) is 0 Å². The Labute approximate surface area is 125 Å². The molecule has 2 rings (SSSR count). The molecule has 2 unspecified atom stereocenters. The highest BCUT2D eigenvalue weighted by molar-refractivity contribution is 5.93. The summed E-state index contributed by atoms with van der Waals surface area (Å²) in [6.07, 6.45) is 1.58. The van der Waals surface area contributed by atoms with Crippen molar-refractivity contribution >= 4 is 11.9 Å². The number of hydrogen-bond acceptors (Lipinski definition) is 4. The molecule has 1 N–H and O–H groups in total. The molecule has 1 aliphatic rings. The molecular formula is C15H23N3O3. The van der Waals surface area contributed by atoms with Crippen LogP contribution in [0, 0.1) is 0 Å². The number of nitrogens with zero attached hydrogens (tertiary/aromatic N) is 3. The maximum absolute atomic E-state index is 12.4. The molecule has 6 heteroatoms. The largest absolute Gasteiger partial charge is 0.371 e. The van der Waals surface area contributed by atoms with Gasteiger partial charge in [-0.25, -0.2) is 9.69 Å². The van der Waals surface area contributed by atoms with E-state index in [0.29, 0.717) is 6.54 Å². The molecule has 116 valence electrons. The van der Waals surface area contributed by atoms with Gasteiger partial charge < -0.3 is 14.5 Å². The van der Waals surface area contributed by atoms with Crippen molar-refractivity contribution < 1.29 is 14.4 Å². The van der Waals surface area contributed by atoms with Gasteiger partial charge in [-0.15, -0.1) is 6.58 Å². The summed E-state index contributed by atoms with van der Waals surface area (Å²) >= 11 is 0. The second kappa shape index (κ2) is 5.52. The summed E-state index contributed by atoms with van der Waals surface area (Å²) in [7, 11) is 0. The third-order valence-electron chi connectivity index (χ3n) is 4.28. The lowest BCUT2D eigenvalue weighted by atomic mass is 9.87. The highest BCUT2D eigenvalue weighted by Gasteiger charge is 2.44. The molecule has 0 aromatic carbocycles. The van der Waals surface area contributed by atoms with Crippen molar-refractivity contribution in [3.63, 3.8) is 0 Å². The molecule has 0 radical (unpaired) electrons. The minimum absolute atomic E-state index is 0.137. The molecule has 2 heterocycles. The predicted octanol–water partition coefficient (Wildman–Crippen LogP) is 2.50. The van der Waals surface area contributed by atoms with Gasteiger partial charge in [-0.2, -0.15) is 0 Å². The molecule has 1 aliphatic heterocycles. The molecule has 21 heavy (non-hydrogen) atoms. The van der Waals surface area contributed by atoms with Crippen LogP contribution in [0.5, 0.6) is 0 Å². The van der Waals surface area contributed by atoms with E-state index in [4.69, 9.17) is 4.52 Å². The first-order chi connectivity index (χ1) is 9.83. The lowest BCUT2D eigenvalue weighted by molar-refractivity contribution is 0.130. The number of aromatic nitrogens is 1. The van der Waals surface area contributed by atoms with E-state index in [2.05, 4.69) is 32.5 Å². The summed E-state index contributed by atoms with van der Waals surface area (Å²) in [4.78, 5) is 15.2. The van der Waals surface area contributed by atoms with Crippen molar-refractivity contribution in [1.82, 2.24) is 10.1 Å². The van der Waals surface area contributed by atoms with E-state index < -0.39 is 6.23 Å². The molecule has 0 saturated carbocycles. The number of aliphatic hydroxyl groups is 1. The predicted molar refractivity (Wildman–Crippen MR) is 80.1 cm³/mol. The molecular weight excluding hydrogens is 270 g/mol. The SMILES string of the molecule is C=CCN1C(=O)N(c2cc(C(C)(C)CC)no2)C(O)C1C. The number of rotatable bonds is 5. The second-order valence-electron chi connectivity index (χ2n) is 6.04. The summed E-state index contributed by atoms with van der Waals surface area (Å²) in [5, 5.41) is 14.3. The minimum Gasteiger partial charge on any atom is -0.371 e. The molecule has 1 aromatic heterocycles. The Kier molecular flexibility index (Phi) is 4.09. The summed E-state index contributed by atoms with van der Waals surface area (Å²) in [6, 6.07) is 1.10. The second-order valence-corrected chi connectivity index (χ2v) is 6.04. The van der Waals surface area contributed by atoms with Crippen molar-refractivity contribution in [2.24, 2.45) is 0 Å².